The molecular formula is C18H20FN3O2. The van der Waals surface area contributed by atoms with Crippen LogP contribution in [0.3, 0.4) is 0 Å². The highest BCUT2D eigenvalue weighted by Gasteiger charge is 2.22. The number of hydrogen-bond acceptors (Lipinski definition) is 3. The Bertz CT molecular complexity index is 732. The van der Waals surface area contributed by atoms with E-state index in [2.05, 4.69) is 10.6 Å². The number of nitrogens with one attached hydrogen (secondary N) is 2. The minimum absolute atomic E-state index is 0.0151. The number of rotatable bonds is 6. The summed E-state index contributed by atoms with van der Waals surface area (Å²) in [6.45, 7) is 3.83. The summed E-state index contributed by atoms with van der Waals surface area (Å²) in [5, 5.41) is 5.86. The fourth-order valence-electron chi connectivity index (χ4n) is 2.26. The molecule has 1 atom stereocenters. The van der Waals surface area contributed by atoms with Crippen molar-refractivity contribution < 1.29 is 14.0 Å². The number of halogens is 1. The molecule has 2 rings (SSSR count). The van der Waals surface area contributed by atoms with E-state index < -0.39 is 17.8 Å². The summed E-state index contributed by atoms with van der Waals surface area (Å²) in [7, 11) is 0. The molecule has 0 spiro atoms. The fraction of sp³-hybridized carbons (Fsp3) is 0.222. The lowest BCUT2D eigenvalue weighted by molar-refractivity contribution is -0.117. The van der Waals surface area contributed by atoms with Gasteiger partial charge in [-0.2, -0.15) is 0 Å². The van der Waals surface area contributed by atoms with Gasteiger partial charge in [-0.25, -0.2) is 4.39 Å². The first-order valence-corrected chi connectivity index (χ1v) is 7.60. The normalized spacial score (nSPS) is 11.8. The SMILES string of the molecule is CC(C)[C@H](Nc1ccccc1)C(=O)Nc1ccc(F)c(C(N)=O)c1. The smallest absolute Gasteiger partial charge is 0.251 e. The van der Waals surface area contributed by atoms with Crippen molar-refractivity contribution in [2.24, 2.45) is 11.7 Å². The maximum absolute atomic E-state index is 13.5. The predicted molar refractivity (Wildman–Crippen MR) is 92.2 cm³/mol. The predicted octanol–water partition coefficient (Wildman–Crippen LogP) is 3.00. The summed E-state index contributed by atoms with van der Waals surface area (Å²) >= 11 is 0. The van der Waals surface area contributed by atoms with Gasteiger partial charge in [0.05, 0.1) is 5.56 Å². The average Bonchev–Trinajstić information content (AvgIpc) is 2.54. The lowest BCUT2D eigenvalue weighted by Gasteiger charge is -2.23. The van der Waals surface area contributed by atoms with Crippen molar-refractivity contribution in [3.8, 4) is 0 Å². The van der Waals surface area contributed by atoms with Crippen LogP contribution in [0.25, 0.3) is 0 Å². The number of carbonyl (C=O) groups excluding carboxylic acids is 2. The third kappa shape index (κ3) is 4.32. The molecule has 0 aliphatic carbocycles. The van der Waals surface area contributed by atoms with Gasteiger partial charge in [0.25, 0.3) is 5.91 Å². The van der Waals surface area contributed by atoms with Crippen LogP contribution in [-0.2, 0) is 4.79 Å². The Morgan fingerprint density at radius 2 is 1.71 bits per heavy atom. The van der Waals surface area contributed by atoms with E-state index in [1.54, 1.807) is 0 Å². The molecule has 0 saturated carbocycles. The summed E-state index contributed by atoms with van der Waals surface area (Å²) < 4.78 is 13.5. The molecule has 5 nitrogen and oxygen atoms in total. The van der Waals surface area contributed by atoms with Crippen LogP contribution in [0.2, 0.25) is 0 Å². The van der Waals surface area contributed by atoms with Crippen molar-refractivity contribution in [1.82, 2.24) is 0 Å². The van der Waals surface area contributed by atoms with Crippen LogP contribution in [0.4, 0.5) is 15.8 Å². The van der Waals surface area contributed by atoms with Crippen molar-refractivity contribution in [1.29, 1.82) is 0 Å². The lowest BCUT2D eigenvalue weighted by Crippen LogP contribution is -2.38. The first-order chi connectivity index (χ1) is 11.4. The number of hydrogen-bond donors (Lipinski definition) is 3. The standard InChI is InChI=1S/C18H20FN3O2/c1-11(2)16(21-12-6-4-3-5-7-12)18(24)22-13-8-9-15(19)14(10-13)17(20)23/h3-11,16,21H,1-2H3,(H2,20,23)(H,22,24)/t16-/m0/s1. The van der Waals surface area contributed by atoms with Crippen molar-refractivity contribution in [2.45, 2.75) is 19.9 Å². The van der Waals surface area contributed by atoms with Crippen LogP contribution in [0.15, 0.2) is 48.5 Å². The quantitative estimate of drug-likeness (QED) is 0.762. The van der Waals surface area contributed by atoms with E-state index in [9.17, 15) is 14.0 Å². The Morgan fingerprint density at radius 3 is 2.29 bits per heavy atom. The van der Waals surface area contributed by atoms with Gasteiger partial charge in [0, 0.05) is 11.4 Å². The Balaban J connectivity index is 2.16. The van der Waals surface area contributed by atoms with Gasteiger partial charge < -0.3 is 16.4 Å². The minimum Gasteiger partial charge on any atom is -0.373 e. The number of para-hydroxylation sites is 1. The Labute approximate surface area is 140 Å². The number of primary amides is 1. The molecular weight excluding hydrogens is 309 g/mol. The monoisotopic (exact) mass is 329 g/mol. The van der Waals surface area contributed by atoms with Crippen molar-refractivity contribution >= 4 is 23.2 Å². The first-order valence-electron chi connectivity index (χ1n) is 7.60. The van der Waals surface area contributed by atoms with Gasteiger partial charge in [0.15, 0.2) is 0 Å². The second-order valence-electron chi connectivity index (χ2n) is 5.78. The second-order valence-corrected chi connectivity index (χ2v) is 5.78. The number of benzene rings is 2. The molecule has 24 heavy (non-hydrogen) atoms. The second kappa shape index (κ2) is 7.59. The maximum Gasteiger partial charge on any atom is 0.251 e. The summed E-state index contributed by atoms with van der Waals surface area (Å²) in [4.78, 5) is 23.7. The van der Waals surface area contributed by atoms with E-state index in [1.807, 2.05) is 44.2 Å². The third-order valence-electron chi connectivity index (χ3n) is 3.54. The average molecular weight is 329 g/mol. The van der Waals surface area contributed by atoms with E-state index in [-0.39, 0.29) is 17.4 Å². The largest absolute Gasteiger partial charge is 0.373 e. The molecule has 0 aliphatic heterocycles. The summed E-state index contributed by atoms with van der Waals surface area (Å²) in [6.07, 6.45) is 0. The van der Waals surface area contributed by atoms with Crippen molar-refractivity contribution in [3.05, 3.63) is 59.9 Å². The van der Waals surface area contributed by atoms with Crippen LogP contribution in [0.5, 0.6) is 0 Å². The zero-order valence-corrected chi connectivity index (χ0v) is 13.5. The first kappa shape index (κ1) is 17.5. The summed E-state index contributed by atoms with van der Waals surface area (Å²) in [6, 6.07) is 12.6. The molecule has 4 N–H and O–H groups in total. The van der Waals surface area contributed by atoms with Crippen LogP contribution in [-0.4, -0.2) is 17.9 Å². The lowest BCUT2D eigenvalue weighted by atomic mass is 10.0. The molecule has 2 aromatic carbocycles. The van der Waals surface area contributed by atoms with Crippen LogP contribution in [0.1, 0.15) is 24.2 Å². The molecule has 0 fully saturated rings. The molecule has 2 amide bonds. The van der Waals surface area contributed by atoms with Crippen LogP contribution < -0.4 is 16.4 Å². The van der Waals surface area contributed by atoms with E-state index in [0.29, 0.717) is 5.69 Å². The van der Waals surface area contributed by atoms with Gasteiger partial charge >= 0.3 is 0 Å². The zero-order valence-electron chi connectivity index (χ0n) is 13.5. The highest BCUT2D eigenvalue weighted by Crippen LogP contribution is 2.17. The van der Waals surface area contributed by atoms with Gasteiger partial charge in [-0.05, 0) is 36.2 Å². The zero-order chi connectivity index (χ0) is 17.7. The van der Waals surface area contributed by atoms with Gasteiger partial charge in [-0.3, -0.25) is 9.59 Å². The van der Waals surface area contributed by atoms with Gasteiger partial charge in [0.2, 0.25) is 5.91 Å². The Kier molecular flexibility index (Phi) is 5.52. The summed E-state index contributed by atoms with van der Waals surface area (Å²) in [5.74, 6) is -1.87. The number of anilines is 2. The Hall–Kier alpha value is -2.89. The number of nitrogens with two attached hydrogens (primary N) is 1. The molecule has 0 bridgehead atoms. The molecule has 2 aromatic rings. The van der Waals surface area contributed by atoms with Gasteiger partial charge in [-0.1, -0.05) is 32.0 Å². The minimum atomic E-state index is -0.883. The molecule has 0 heterocycles. The molecule has 0 aliphatic rings. The molecule has 0 aromatic heterocycles. The van der Waals surface area contributed by atoms with Gasteiger partial charge in [0.1, 0.15) is 11.9 Å². The number of carbonyl (C=O) groups is 2. The van der Waals surface area contributed by atoms with E-state index in [4.69, 9.17) is 5.73 Å². The van der Waals surface area contributed by atoms with Crippen LogP contribution in [0, 0.1) is 11.7 Å². The molecule has 0 saturated heterocycles. The molecule has 0 unspecified atom stereocenters. The Morgan fingerprint density at radius 1 is 1.04 bits per heavy atom. The molecule has 0 radical (unpaired) electrons. The maximum atomic E-state index is 13.5. The van der Waals surface area contributed by atoms with E-state index in [1.165, 1.54) is 12.1 Å². The highest BCUT2D eigenvalue weighted by molar-refractivity contribution is 5.99. The molecule has 6 heteroatoms. The van der Waals surface area contributed by atoms with Gasteiger partial charge in [-0.15, -0.1) is 0 Å². The number of amides is 2. The van der Waals surface area contributed by atoms with E-state index in [0.717, 1.165) is 11.8 Å². The highest BCUT2D eigenvalue weighted by atomic mass is 19.1. The summed E-state index contributed by atoms with van der Waals surface area (Å²) in [5.41, 5.74) is 6.00. The topological polar surface area (TPSA) is 84.2 Å². The molecule has 126 valence electrons. The van der Waals surface area contributed by atoms with Crippen molar-refractivity contribution in [2.75, 3.05) is 10.6 Å². The third-order valence-corrected chi connectivity index (χ3v) is 3.54. The van der Waals surface area contributed by atoms with Crippen LogP contribution >= 0.6 is 0 Å². The fourth-order valence-corrected chi connectivity index (χ4v) is 2.26. The van der Waals surface area contributed by atoms with Crippen molar-refractivity contribution in [3.63, 3.8) is 0 Å². The van der Waals surface area contributed by atoms with E-state index >= 15 is 0 Å².